The number of alkyl halides is 1. The van der Waals surface area contributed by atoms with Crippen molar-refractivity contribution in [3.63, 3.8) is 0 Å². The average molecular weight is 214 g/mol. The minimum Gasteiger partial charge on any atom is -0.244 e. The van der Waals surface area contributed by atoms with E-state index in [1.165, 1.54) is 0 Å². The van der Waals surface area contributed by atoms with E-state index in [1.807, 2.05) is 0 Å². The SMILES string of the molecule is C=C(CCC)C[C@@](C)(F)C(CC)CCC. The number of halogens is 1. The topological polar surface area (TPSA) is 0 Å². The van der Waals surface area contributed by atoms with E-state index in [-0.39, 0.29) is 5.92 Å². The van der Waals surface area contributed by atoms with Gasteiger partial charge in [-0.15, -0.1) is 0 Å². The van der Waals surface area contributed by atoms with Crippen LogP contribution in [-0.4, -0.2) is 5.67 Å². The molecule has 2 atom stereocenters. The molecule has 0 heterocycles. The standard InChI is InChI=1S/C14H27F/c1-6-9-12(4)11-14(5,15)13(8-3)10-7-2/h13H,4,6-11H2,1-3,5H3/t13?,14-/m1/s1. The molecule has 90 valence electrons. The second-order valence-corrected chi connectivity index (χ2v) is 4.85. The van der Waals surface area contributed by atoms with Crippen molar-refractivity contribution in [2.45, 2.75) is 71.9 Å². The summed E-state index contributed by atoms with van der Waals surface area (Å²) in [6, 6.07) is 0. The molecule has 0 aromatic carbocycles. The summed E-state index contributed by atoms with van der Waals surface area (Å²) in [7, 11) is 0. The first-order valence-electron chi connectivity index (χ1n) is 6.33. The molecule has 1 unspecified atom stereocenters. The van der Waals surface area contributed by atoms with Gasteiger partial charge in [0.25, 0.3) is 0 Å². The lowest BCUT2D eigenvalue weighted by molar-refractivity contribution is 0.0910. The first-order chi connectivity index (χ1) is 6.97. The van der Waals surface area contributed by atoms with Gasteiger partial charge in [0.05, 0.1) is 0 Å². The third kappa shape index (κ3) is 5.34. The summed E-state index contributed by atoms with van der Waals surface area (Å²) in [5, 5.41) is 0. The lowest BCUT2D eigenvalue weighted by Gasteiger charge is -2.30. The Morgan fingerprint density at radius 1 is 1.27 bits per heavy atom. The van der Waals surface area contributed by atoms with Crippen molar-refractivity contribution in [3.8, 4) is 0 Å². The fourth-order valence-corrected chi connectivity index (χ4v) is 2.35. The van der Waals surface area contributed by atoms with Gasteiger partial charge in [-0.1, -0.05) is 52.2 Å². The predicted molar refractivity (Wildman–Crippen MR) is 66.9 cm³/mol. The molecule has 1 heteroatoms. The van der Waals surface area contributed by atoms with Crippen LogP contribution in [0.5, 0.6) is 0 Å². The van der Waals surface area contributed by atoms with Gasteiger partial charge >= 0.3 is 0 Å². The van der Waals surface area contributed by atoms with Crippen LogP contribution in [0, 0.1) is 5.92 Å². The van der Waals surface area contributed by atoms with Crippen molar-refractivity contribution in [2.24, 2.45) is 5.92 Å². The molecule has 0 aromatic heterocycles. The van der Waals surface area contributed by atoms with Crippen LogP contribution in [0.3, 0.4) is 0 Å². The van der Waals surface area contributed by atoms with Gasteiger partial charge in [0.1, 0.15) is 5.67 Å². The Morgan fingerprint density at radius 3 is 2.27 bits per heavy atom. The van der Waals surface area contributed by atoms with Crippen molar-refractivity contribution in [1.82, 2.24) is 0 Å². The normalized spacial score (nSPS) is 17.1. The third-order valence-corrected chi connectivity index (χ3v) is 3.18. The second kappa shape index (κ2) is 7.03. The van der Waals surface area contributed by atoms with E-state index >= 15 is 0 Å². The molecule has 0 amide bonds. The van der Waals surface area contributed by atoms with Gasteiger partial charge < -0.3 is 0 Å². The summed E-state index contributed by atoms with van der Waals surface area (Å²) in [5.41, 5.74) is 0.00820. The lowest BCUT2D eigenvalue weighted by Crippen LogP contribution is -2.29. The zero-order valence-corrected chi connectivity index (χ0v) is 10.9. The molecule has 0 radical (unpaired) electrons. The monoisotopic (exact) mass is 214 g/mol. The Kier molecular flexibility index (Phi) is 6.87. The number of hydrogen-bond donors (Lipinski definition) is 0. The molecule has 0 rings (SSSR count). The van der Waals surface area contributed by atoms with Crippen LogP contribution in [0.4, 0.5) is 4.39 Å². The molecular weight excluding hydrogens is 187 g/mol. The lowest BCUT2D eigenvalue weighted by atomic mass is 9.80. The molecular formula is C14H27F. The van der Waals surface area contributed by atoms with E-state index in [0.717, 1.165) is 37.7 Å². The summed E-state index contributed by atoms with van der Waals surface area (Å²) in [6.45, 7) is 12.0. The summed E-state index contributed by atoms with van der Waals surface area (Å²) < 4.78 is 14.5. The molecule has 0 aliphatic heterocycles. The van der Waals surface area contributed by atoms with E-state index in [0.29, 0.717) is 6.42 Å². The van der Waals surface area contributed by atoms with Crippen LogP contribution in [-0.2, 0) is 0 Å². The van der Waals surface area contributed by atoms with Crippen molar-refractivity contribution in [2.75, 3.05) is 0 Å². The highest BCUT2D eigenvalue weighted by molar-refractivity contribution is 5.01. The van der Waals surface area contributed by atoms with Gasteiger partial charge in [-0.3, -0.25) is 0 Å². The minimum atomic E-state index is -1.06. The summed E-state index contributed by atoms with van der Waals surface area (Å²) in [4.78, 5) is 0. The van der Waals surface area contributed by atoms with Crippen molar-refractivity contribution in [1.29, 1.82) is 0 Å². The highest BCUT2D eigenvalue weighted by Crippen LogP contribution is 2.35. The molecule has 0 saturated carbocycles. The summed E-state index contributed by atoms with van der Waals surface area (Å²) >= 11 is 0. The zero-order chi connectivity index (χ0) is 11.9. The van der Waals surface area contributed by atoms with Crippen LogP contribution in [0.2, 0.25) is 0 Å². The van der Waals surface area contributed by atoms with E-state index < -0.39 is 5.67 Å². The van der Waals surface area contributed by atoms with E-state index in [1.54, 1.807) is 6.92 Å². The largest absolute Gasteiger partial charge is 0.244 e. The zero-order valence-electron chi connectivity index (χ0n) is 10.9. The van der Waals surface area contributed by atoms with Crippen molar-refractivity contribution in [3.05, 3.63) is 12.2 Å². The highest BCUT2D eigenvalue weighted by atomic mass is 19.1. The summed E-state index contributed by atoms with van der Waals surface area (Å²) in [5.74, 6) is 0.191. The molecule has 0 aromatic rings. The molecule has 0 N–H and O–H groups in total. The maximum atomic E-state index is 14.5. The summed E-state index contributed by atoms with van der Waals surface area (Å²) in [6.07, 6.45) is 5.56. The van der Waals surface area contributed by atoms with Gasteiger partial charge in [0.15, 0.2) is 0 Å². The fraction of sp³-hybridized carbons (Fsp3) is 0.857. The van der Waals surface area contributed by atoms with Gasteiger partial charge in [-0.2, -0.15) is 0 Å². The molecule has 0 aliphatic rings. The van der Waals surface area contributed by atoms with Gasteiger partial charge in [-0.05, 0) is 25.7 Å². The van der Waals surface area contributed by atoms with Crippen LogP contribution in [0.25, 0.3) is 0 Å². The van der Waals surface area contributed by atoms with Gasteiger partial charge in [0, 0.05) is 6.42 Å². The number of hydrogen-bond acceptors (Lipinski definition) is 0. The Balaban J connectivity index is 4.29. The average Bonchev–Trinajstić information content (AvgIpc) is 2.13. The first-order valence-corrected chi connectivity index (χ1v) is 6.33. The Labute approximate surface area is 95.0 Å². The maximum Gasteiger partial charge on any atom is 0.114 e. The van der Waals surface area contributed by atoms with Crippen LogP contribution in [0.1, 0.15) is 66.2 Å². The van der Waals surface area contributed by atoms with Crippen LogP contribution >= 0.6 is 0 Å². The Morgan fingerprint density at radius 2 is 1.87 bits per heavy atom. The quantitative estimate of drug-likeness (QED) is 0.482. The van der Waals surface area contributed by atoms with Crippen LogP contribution in [0.15, 0.2) is 12.2 Å². The molecule has 0 nitrogen and oxygen atoms in total. The highest BCUT2D eigenvalue weighted by Gasteiger charge is 2.32. The molecule has 0 fully saturated rings. The molecule has 0 aliphatic carbocycles. The van der Waals surface area contributed by atoms with E-state index in [9.17, 15) is 4.39 Å². The fourth-order valence-electron chi connectivity index (χ4n) is 2.35. The van der Waals surface area contributed by atoms with E-state index in [2.05, 4.69) is 27.4 Å². The van der Waals surface area contributed by atoms with E-state index in [4.69, 9.17) is 0 Å². The molecule has 15 heavy (non-hydrogen) atoms. The number of rotatable bonds is 8. The van der Waals surface area contributed by atoms with Crippen molar-refractivity contribution < 1.29 is 4.39 Å². The number of allylic oxidation sites excluding steroid dienone is 1. The van der Waals surface area contributed by atoms with Crippen molar-refractivity contribution >= 4 is 0 Å². The smallest absolute Gasteiger partial charge is 0.114 e. The third-order valence-electron chi connectivity index (χ3n) is 3.18. The molecule has 0 bridgehead atoms. The minimum absolute atomic E-state index is 0.191. The molecule has 0 spiro atoms. The second-order valence-electron chi connectivity index (χ2n) is 4.85. The Hall–Kier alpha value is -0.330. The van der Waals surface area contributed by atoms with Gasteiger partial charge in [-0.25, -0.2) is 4.39 Å². The van der Waals surface area contributed by atoms with Crippen LogP contribution < -0.4 is 0 Å². The predicted octanol–water partition coefficient (Wildman–Crippen LogP) is 5.29. The maximum absolute atomic E-state index is 14.5. The first kappa shape index (κ1) is 14.7. The molecule has 0 saturated heterocycles. The Bertz CT molecular complexity index is 182. The van der Waals surface area contributed by atoms with Gasteiger partial charge in [0.2, 0.25) is 0 Å².